The largest absolute Gasteiger partial charge is 0.488 e. The van der Waals surface area contributed by atoms with Crippen molar-refractivity contribution in [3.05, 3.63) is 46.4 Å². The predicted molar refractivity (Wildman–Crippen MR) is 136 cm³/mol. The third-order valence-electron chi connectivity index (χ3n) is 8.18. The Labute approximate surface area is 215 Å². The Morgan fingerprint density at radius 2 is 1.94 bits per heavy atom. The topological polar surface area (TPSA) is 88.8 Å². The molecule has 1 N–H and O–H groups in total. The molecule has 3 fully saturated rings. The van der Waals surface area contributed by atoms with Gasteiger partial charge in [-0.05, 0) is 67.5 Å². The number of piperidine rings is 2. The Hall–Kier alpha value is -2.97. The minimum absolute atomic E-state index is 0.0709. The van der Waals surface area contributed by atoms with Gasteiger partial charge in [-0.25, -0.2) is 9.50 Å². The Morgan fingerprint density at radius 3 is 2.64 bits per heavy atom. The number of carbonyl (C=O) groups is 2. The second-order valence-corrected chi connectivity index (χ2v) is 11.3. The molecule has 1 saturated carbocycles. The first-order valence-corrected chi connectivity index (χ1v) is 12.9. The number of hydrogen-bond acceptors (Lipinski definition) is 6. The molecule has 0 spiro atoms. The van der Waals surface area contributed by atoms with Crippen LogP contribution in [0.4, 0.5) is 0 Å². The van der Waals surface area contributed by atoms with Crippen LogP contribution in [0.1, 0.15) is 43.4 Å². The van der Waals surface area contributed by atoms with Gasteiger partial charge < -0.3 is 10.1 Å². The first-order chi connectivity index (χ1) is 17.2. The van der Waals surface area contributed by atoms with E-state index in [0.29, 0.717) is 10.7 Å². The number of hydrogen-bond donors (Lipinski definition) is 1. The molecule has 36 heavy (non-hydrogen) atoms. The number of aromatic nitrogens is 3. The maximum atomic E-state index is 12.9. The Bertz CT molecular complexity index is 1380. The summed E-state index contributed by atoms with van der Waals surface area (Å²) in [5, 5.41) is 8.44. The molecule has 0 bridgehead atoms. The number of benzene rings is 1. The minimum atomic E-state index is -0.224. The number of nitrogens with zero attached hydrogens (tertiary/aromatic N) is 4. The third kappa shape index (κ3) is 3.53. The van der Waals surface area contributed by atoms with E-state index in [9.17, 15) is 9.59 Å². The predicted octanol–water partition coefficient (Wildman–Crippen LogP) is 3.94. The summed E-state index contributed by atoms with van der Waals surface area (Å²) in [5.74, 6) is 0.238. The van der Waals surface area contributed by atoms with Crippen molar-refractivity contribution in [2.45, 2.75) is 53.2 Å². The second-order valence-electron chi connectivity index (χ2n) is 10.9. The molecule has 3 atom stereocenters. The maximum Gasteiger partial charge on any atom is 0.233 e. The van der Waals surface area contributed by atoms with Crippen LogP contribution in [0.25, 0.3) is 16.8 Å². The van der Waals surface area contributed by atoms with Crippen LogP contribution < -0.4 is 10.1 Å². The highest BCUT2D eigenvalue weighted by atomic mass is 35.5. The lowest BCUT2D eigenvalue weighted by Gasteiger charge is -2.26. The highest BCUT2D eigenvalue weighted by Gasteiger charge is 2.72. The van der Waals surface area contributed by atoms with Gasteiger partial charge in [-0.15, -0.1) is 0 Å². The molecule has 1 aliphatic carbocycles. The van der Waals surface area contributed by atoms with Gasteiger partial charge in [-0.2, -0.15) is 5.10 Å². The molecule has 8 nitrogen and oxygen atoms in total. The van der Waals surface area contributed by atoms with Gasteiger partial charge in [-0.1, -0.05) is 25.4 Å². The normalized spacial score (nSPS) is 24.9. The van der Waals surface area contributed by atoms with Crippen molar-refractivity contribution in [2.75, 3.05) is 13.1 Å². The number of imide groups is 1. The zero-order chi connectivity index (χ0) is 25.4. The van der Waals surface area contributed by atoms with Gasteiger partial charge in [0.1, 0.15) is 23.9 Å². The third-order valence-corrected chi connectivity index (χ3v) is 8.40. The first kappa shape index (κ1) is 23.4. The fraction of sp³-hybridized carbons (Fsp3) is 0.481. The Morgan fingerprint density at radius 1 is 1.19 bits per heavy atom. The highest BCUT2D eigenvalue weighted by molar-refractivity contribution is 6.31. The monoisotopic (exact) mass is 507 g/mol. The summed E-state index contributed by atoms with van der Waals surface area (Å²) in [6.45, 7) is 10.00. The molecule has 4 heterocycles. The molecule has 2 amide bonds. The van der Waals surface area contributed by atoms with Crippen molar-refractivity contribution >= 4 is 28.9 Å². The number of ether oxygens (including phenoxy) is 1. The Balaban J connectivity index is 1.39. The number of amides is 2. The van der Waals surface area contributed by atoms with Crippen molar-refractivity contribution in [1.82, 2.24) is 24.8 Å². The zero-order valence-electron chi connectivity index (χ0n) is 21.0. The molecule has 2 aliphatic heterocycles. The number of aryl methyl sites for hydroxylation is 2. The van der Waals surface area contributed by atoms with Gasteiger partial charge in [0.15, 0.2) is 0 Å². The molecule has 6 rings (SSSR count). The van der Waals surface area contributed by atoms with E-state index in [1.54, 1.807) is 4.52 Å². The summed E-state index contributed by atoms with van der Waals surface area (Å²) in [7, 11) is 0. The van der Waals surface area contributed by atoms with Crippen LogP contribution >= 0.6 is 11.6 Å². The molecule has 3 aliphatic rings. The first-order valence-electron chi connectivity index (χ1n) is 12.5. The van der Waals surface area contributed by atoms with Gasteiger partial charge in [0.2, 0.25) is 11.8 Å². The smallest absolute Gasteiger partial charge is 0.233 e. The lowest BCUT2D eigenvalue weighted by molar-refractivity contribution is -0.143. The molecule has 2 aromatic heterocycles. The van der Waals surface area contributed by atoms with Crippen LogP contribution in [0.3, 0.4) is 0 Å². The number of rotatable bonds is 5. The number of halogens is 1. The minimum Gasteiger partial charge on any atom is -0.488 e. The quantitative estimate of drug-likeness (QED) is 0.526. The summed E-state index contributed by atoms with van der Waals surface area (Å²) in [5.41, 5.74) is 4.84. The Kier molecular flexibility index (Phi) is 5.39. The van der Waals surface area contributed by atoms with E-state index in [0.717, 1.165) is 59.5 Å². The lowest BCUT2D eigenvalue weighted by atomic mass is 10.0. The average molecular weight is 508 g/mol. The van der Waals surface area contributed by atoms with Crippen molar-refractivity contribution < 1.29 is 14.3 Å². The van der Waals surface area contributed by atoms with Gasteiger partial charge in [0.25, 0.3) is 0 Å². The van der Waals surface area contributed by atoms with E-state index < -0.39 is 0 Å². The van der Waals surface area contributed by atoms with E-state index in [1.807, 2.05) is 46.0 Å². The molecule has 188 valence electrons. The van der Waals surface area contributed by atoms with Crippen LogP contribution in [0, 0.1) is 31.1 Å². The van der Waals surface area contributed by atoms with Crippen LogP contribution in [0.5, 0.6) is 5.75 Å². The fourth-order valence-electron chi connectivity index (χ4n) is 6.05. The van der Waals surface area contributed by atoms with Crippen LogP contribution in [-0.2, 0) is 16.1 Å². The summed E-state index contributed by atoms with van der Waals surface area (Å²) < 4.78 is 8.27. The van der Waals surface area contributed by atoms with Gasteiger partial charge in [0.05, 0.1) is 23.9 Å². The van der Waals surface area contributed by atoms with E-state index in [1.165, 1.54) is 11.2 Å². The summed E-state index contributed by atoms with van der Waals surface area (Å²) >= 11 is 6.50. The van der Waals surface area contributed by atoms with Gasteiger partial charge >= 0.3 is 0 Å². The number of carbonyl (C=O) groups excluding carboxylic acids is 2. The standard InChI is InChI=1S/C27H30ClN5O3/c1-14-8-17(28)9-19(24(14)36-18-6-5-7-29-10-18)22-23-15(2)16(12-33(23)31-13-30-22)11-32-25(34)20-21(26(32)35)27(20,3)4/h8-9,12-13,18,20-21,29H,5-7,10-11H2,1-4H3/t18-,20?,21?/m0/s1. The molecule has 1 aromatic carbocycles. The zero-order valence-corrected chi connectivity index (χ0v) is 21.7. The maximum absolute atomic E-state index is 12.9. The summed E-state index contributed by atoms with van der Waals surface area (Å²) in [6, 6.07) is 3.79. The molecule has 9 heteroatoms. The molecular weight excluding hydrogens is 478 g/mol. The molecule has 0 radical (unpaired) electrons. The van der Waals surface area contributed by atoms with E-state index in [-0.39, 0.29) is 41.7 Å². The van der Waals surface area contributed by atoms with Crippen molar-refractivity contribution in [3.63, 3.8) is 0 Å². The van der Waals surface area contributed by atoms with E-state index in [4.69, 9.17) is 16.3 Å². The fourth-order valence-corrected chi connectivity index (χ4v) is 6.32. The van der Waals surface area contributed by atoms with Crippen molar-refractivity contribution in [3.8, 4) is 17.0 Å². The van der Waals surface area contributed by atoms with E-state index in [2.05, 4.69) is 15.4 Å². The summed E-state index contributed by atoms with van der Waals surface area (Å²) in [4.78, 5) is 31.9. The van der Waals surface area contributed by atoms with Gasteiger partial charge in [0, 0.05) is 23.3 Å². The summed E-state index contributed by atoms with van der Waals surface area (Å²) in [6.07, 6.45) is 5.52. The molecule has 3 aromatic rings. The SMILES string of the molecule is Cc1cc(Cl)cc(-c2ncnn3cc(CN4C(=O)C5C(C4=O)C5(C)C)c(C)c23)c1O[C@H]1CCCNC1. The van der Waals surface area contributed by atoms with Gasteiger partial charge in [-0.3, -0.25) is 14.5 Å². The number of fused-ring (bicyclic) bond motifs is 2. The van der Waals surface area contributed by atoms with Crippen molar-refractivity contribution in [1.29, 1.82) is 0 Å². The number of nitrogens with one attached hydrogen (secondary N) is 1. The molecular formula is C27H30ClN5O3. The second kappa shape index (κ2) is 8.28. The van der Waals surface area contributed by atoms with Crippen LogP contribution in [-0.4, -0.2) is 50.5 Å². The van der Waals surface area contributed by atoms with Crippen LogP contribution in [0.2, 0.25) is 5.02 Å². The highest BCUT2D eigenvalue weighted by Crippen LogP contribution is 2.63. The van der Waals surface area contributed by atoms with Crippen LogP contribution in [0.15, 0.2) is 24.7 Å². The molecule has 2 unspecified atom stereocenters. The van der Waals surface area contributed by atoms with E-state index >= 15 is 0 Å². The lowest BCUT2D eigenvalue weighted by Crippen LogP contribution is -2.37. The number of likely N-dealkylation sites (tertiary alicyclic amines) is 1. The van der Waals surface area contributed by atoms with Crippen molar-refractivity contribution in [2.24, 2.45) is 17.3 Å². The average Bonchev–Trinajstić information content (AvgIpc) is 3.12. The molecule has 2 saturated heterocycles.